The van der Waals surface area contributed by atoms with Crippen LogP contribution >= 0.6 is 0 Å². The minimum Gasteiger partial charge on any atom is -0.492 e. The molecule has 1 fully saturated rings. The average Bonchev–Trinajstić information content (AvgIpc) is 2.29. The first-order chi connectivity index (χ1) is 8.21. The quantitative estimate of drug-likeness (QED) is 0.777. The van der Waals surface area contributed by atoms with Gasteiger partial charge in [-0.2, -0.15) is 0 Å². The topological polar surface area (TPSA) is 18.5 Å². The van der Waals surface area contributed by atoms with Crippen molar-refractivity contribution in [1.82, 2.24) is 0 Å². The number of aryl methyl sites for hydroxylation is 2. The Hall–Kier alpha value is -1.02. The summed E-state index contributed by atoms with van der Waals surface area (Å²) in [6, 6.07) is 6.37. The van der Waals surface area contributed by atoms with E-state index in [1.807, 2.05) is 0 Å². The van der Waals surface area contributed by atoms with Crippen LogP contribution < -0.4 is 4.74 Å². The third-order valence-electron chi connectivity index (χ3n) is 3.76. The molecule has 94 valence electrons. The number of rotatable bonds is 5. The standard InChI is InChI=1S/C15H22O2/c1-4-13-8-6-7-12(3)14(13)17-11-15(5-2)9-16-10-15/h6-8H,4-5,9-11H2,1-3H3. The summed E-state index contributed by atoms with van der Waals surface area (Å²) < 4.78 is 11.4. The van der Waals surface area contributed by atoms with E-state index in [4.69, 9.17) is 9.47 Å². The fraction of sp³-hybridized carbons (Fsp3) is 0.600. The van der Waals surface area contributed by atoms with Gasteiger partial charge in [-0.25, -0.2) is 0 Å². The Morgan fingerprint density at radius 3 is 2.59 bits per heavy atom. The van der Waals surface area contributed by atoms with Crippen LogP contribution in [0.1, 0.15) is 31.4 Å². The molecule has 0 saturated carbocycles. The Balaban J connectivity index is 2.08. The molecule has 0 unspecified atom stereocenters. The molecule has 2 heteroatoms. The highest BCUT2D eigenvalue weighted by Crippen LogP contribution is 2.33. The zero-order valence-electron chi connectivity index (χ0n) is 11.1. The monoisotopic (exact) mass is 234 g/mol. The molecule has 1 saturated heterocycles. The first-order valence-corrected chi connectivity index (χ1v) is 6.50. The molecule has 0 bridgehead atoms. The Morgan fingerprint density at radius 1 is 1.29 bits per heavy atom. The first kappa shape index (κ1) is 12.4. The third kappa shape index (κ3) is 2.47. The molecular weight excluding hydrogens is 212 g/mol. The number of hydrogen-bond acceptors (Lipinski definition) is 2. The van der Waals surface area contributed by atoms with Gasteiger partial charge in [-0.15, -0.1) is 0 Å². The number of hydrogen-bond donors (Lipinski definition) is 0. The summed E-state index contributed by atoms with van der Waals surface area (Å²) in [5.41, 5.74) is 2.79. The third-order valence-corrected chi connectivity index (χ3v) is 3.76. The Morgan fingerprint density at radius 2 is 2.06 bits per heavy atom. The van der Waals surface area contributed by atoms with Gasteiger partial charge in [0.2, 0.25) is 0 Å². The van der Waals surface area contributed by atoms with Crippen molar-refractivity contribution in [2.75, 3.05) is 19.8 Å². The molecule has 1 heterocycles. The highest BCUT2D eigenvalue weighted by molar-refractivity contribution is 5.40. The van der Waals surface area contributed by atoms with Crippen LogP contribution in [0.3, 0.4) is 0 Å². The van der Waals surface area contributed by atoms with Crippen LogP contribution in [0.4, 0.5) is 0 Å². The molecule has 1 aliphatic rings. The predicted molar refractivity (Wildman–Crippen MR) is 69.6 cm³/mol. The van der Waals surface area contributed by atoms with Crippen LogP contribution in [0.15, 0.2) is 18.2 Å². The van der Waals surface area contributed by atoms with Crippen molar-refractivity contribution in [2.45, 2.75) is 33.6 Å². The van der Waals surface area contributed by atoms with Crippen molar-refractivity contribution in [3.05, 3.63) is 29.3 Å². The second-order valence-corrected chi connectivity index (χ2v) is 5.05. The molecule has 0 radical (unpaired) electrons. The van der Waals surface area contributed by atoms with Crippen molar-refractivity contribution >= 4 is 0 Å². The Labute approximate surface area is 104 Å². The van der Waals surface area contributed by atoms with E-state index in [-0.39, 0.29) is 5.41 Å². The number of ether oxygens (including phenoxy) is 2. The Kier molecular flexibility index (Phi) is 3.72. The summed E-state index contributed by atoms with van der Waals surface area (Å²) >= 11 is 0. The van der Waals surface area contributed by atoms with Crippen molar-refractivity contribution in [2.24, 2.45) is 5.41 Å². The summed E-state index contributed by atoms with van der Waals surface area (Å²) in [4.78, 5) is 0. The molecule has 0 spiro atoms. The van der Waals surface area contributed by atoms with Crippen LogP contribution in [0, 0.1) is 12.3 Å². The second-order valence-electron chi connectivity index (χ2n) is 5.05. The van der Waals surface area contributed by atoms with Gasteiger partial charge in [-0.05, 0) is 30.9 Å². The van der Waals surface area contributed by atoms with E-state index >= 15 is 0 Å². The normalized spacial score (nSPS) is 17.6. The summed E-state index contributed by atoms with van der Waals surface area (Å²) in [5.74, 6) is 1.08. The zero-order chi connectivity index (χ0) is 12.3. The van der Waals surface area contributed by atoms with Gasteiger partial charge < -0.3 is 9.47 Å². The van der Waals surface area contributed by atoms with Crippen LogP contribution in [0.25, 0.3) is 0 Å². The molecule has 0 atom stereocenters. The molecule has 1 aliphatic heterocycles. The van der Waals surface area contributed by atoms with E-state index in [0.29, 0.717) is 0 Å². The molecule has 17 heavy (non-hydrogen) atoms. The molecule has 1 aromatic carbocycles. The van der Waals surface area contributed by atoms with E-state index in [9.17, 15) is 0 Å². The molecule has 0 aliphatic carbocycles. The number of para-hydroxylation sites is 1. The fourth-order valence-electron chi connectivity index (χ4n) is 2.20. The molecular formula is C15H22O2. The number of benzene rings is 1. The molecule has 2 rings (SSSR count). The van der Waals surface area contributed by atoms with E-state index < -0.39 is 0 Å². The summed E-state index contributed by atoms with van der Waals surface area (Å²) in [6.45, 7) is 8.97. The largest absolute Gasteiger partial charge is 0.492 e. The smallest absolute Gasteiger partial charge is 0.125 e. The van der Waals surface area contributed by atoms with Crippen LogP contribution in [-0.4, -0.2) is 19.8 Å². The second kappa shape index (κ2) is 5.09. The summed E-state index contributed by atoms with van der Waals surface area (Å²) in [6.07, 6.45) is 2.15. The first-order valence-electron chi connectivity index (χ1n) is 6.50. The molecule has 1 aromatic rings. The van der Waals surface area contributed by atoms with E-state index in [1.54, 1.807) is 0 Å². The Bertz CT molecular complexity index is 375. The van der Waals surface area contributed by atoms with Gasteiger partial charge >= 0.3 is 0 Å². The van der Waals surface area contributed by atoms with Gasteiger partial charge in [0.05, 0.1) is 25.2 Å². The van der Waals surface area contributed by atoms with Crippen LogP contribution in [-0.2, 0) is 11.2 Å². The van der Waals surface area contributed by atoms with Crippen LogP contribution in [0.5, 0.6) is 5.75 Å². The fourth-order valence-corrected chi connectivity index (χ4v) is 2.20. The lowest BCUT2D eigenvalue weighted by molar-refractivity contribution is -0.133. The average molecular weight is 234 g/mol. The van der Waals surface area contributed by atoms with Gasteiger partial charge in [-0.3, -0.25) is 0 Å². The van der Waals surface area contributed by atoms with E-state index in [1.165, 1.54) is 11.1 Å². The minimum atomic E-state index is 0.257. The van der Waals surface area contributed by atoms with E-state index in [0.717, 1.165) is 38.4 Å². The van der Waals surface area contributed by atoms with Crippen molar-refractivity contribution in [3.8, 4) is 5.75 Å². The summed E-state index contributed by atoms with van der Waals surface area (Å²) in [7, 11) is 0. The summed E-state index contributed by atoms with van der Waals surface area (Å²) in [5, 5.41) is 0. The van der Waals surface area contributed by atoms with Gasteiger partial charge in [0.15, 0.2) is 0 Å². The van der Waals surface area contributed by atoms with E-state index in [2.05, 4.69) is 39.0 Å². The SMILES string of the molecule is CCc1cccc(C)c1OCC1(CC)COC1. The zero-order valence-corrected chi connectivity index (χ0v) is 11.1. The maximum absolute atomic E-state index is 6.08. The lowest BCUT2D eigenvalue weighted by Gasteiger charge is -2.40. The van der Waals surface area contributed by atoms with Gasteiger partial charge in [-0.1, -0.05) is 32.0 Å². The lowest BCUT2D eigenvalue weighted by Crippen LogP contribution is -2.46. The van der Waals surface area contributed by atoms with Gasteiger partial charge in [0, 0.05) is 0 Å². The van der Waals surface area contributed by atoms with Crippen LogP contribution in [0.2, 0.25) is 0 Å². The van der Waals surface area contributed by atoms with Crippen molar-refractivity contribution in [3.63, 3.8) is 0 Å². The van der Waals surface area contributed by atoms with Gasteiger partial charge in [0.1, 0.15) is 5.75 Å². The van der Waals surface area contributed by atoms with Gasteiger partial charge in [0.25, 0.3) is 0 Å². The highest BCUT2D eigenvalue weighted by atomic mass is 16.5. The molecule has 0 N–H and O–H groups in total. The van der Waals surface area contributed by atoms with Crippen molar-refractivity contribution in [1.29, 1.82) is 0 Å². The molecule has 0 aromatic heterocycles. The molecule has 0 amide bonds. The highest BCUT2D eigenvalue weighted by Gasteiger charge is 2.37. The maximum Gasteiger partial charge on any atom is 0.125 e. The predicted octanol–water partition coefficient (Wildman–Crippen LogP) is 3.36. The minimum absolute atomic E-state index is 0.257. The lowest BCUT2D eigenvalue weighted by atomic mass is 9.84. The molecule has 2 nitrogen and oxygen atoms in total. The van der Waals surface area contributed by atoms with Crippen molar-refractivity contribution < 1.29 is 9.47 Å². The maximum atomic E-state index is 6.08.